The van der Waals surface area contributed by atoms with Gasteiger partial charge in [-0.2, -0.15) is 4.80 Å². The van der Waals surface area contributed by atoms with E-state index in [2.05, 4.69) is 20.7 Å². The van der Waals surface area contributed by atoms with Crippen LogP contribution in [0.15, 0.2) is 42.1 Å². The molecule has 13 heteroatoms. The Morgan fingerprint density at radius 1 is 1.24 bits per heavy atom. The second-order valence-corrected chi connectivity index (χ2v) is 9.22. The number of carbonyl (C=O) groups excluding carboxylic acids is 2. The summed E-state index contributed by atoms with van der Waals surface area (Å²) in [7, 11) is 2.84. The van der Waals surface area contributed by atoms with Gasteiger partial charge in [0.25, 0.3) is 0 Å². The highest BCUT2D eigenvalue weighted by molar-refractivity contribution is 6.36. The number of ether oxygens (including phenoxy) is 3. The van der Waals surface area contributed by atoms with E-state index in [1.54, 1.807) is 31.2 Å². The lowest BCUT2D eigenvalue weighted by Crippen LogP contribution is -2.55. The lowest BCUT2D eigenvalue weighted by Gasteiger charge is -2.35. The minimum absolute atomic E-state index is 0.0716. The molecule has 0 fully saturated rings. The van der Waals surface area contributed by atoms with Crippen LogP contribution in [-0.4, -0.2) is 62.7 Å². The van der Waals surface area contributed by atoms with Gasteiger partial charge in [0.15, 0.2) is 12.3 Å². The number of anilines is 1. The number of carboxylic acids is 1. The highest BCUT2D eigenvalue weighted by atomic mass is 35.5. The molecule has 2 aromatic carbocycles. The number of fused-ring (bicyclic) bond motifs is 1. The summed E-state index contributed by atoms with van der Waals surface area (Å²) in [5.74, 6) is -1.78. The van der Waals surface area contributed by atoms with Crippen molar-refractivity contribution in [3.8, 4) is 28.6 Å². The number of Topliss-reactive ketones (excluding diaryl/α,β-unsaturated/α-hetero) is 1. The van der Waals surface area contributed by atoms with E-state index in [9.17, 15) is 14.4 Å². The Morgan fingerprint density at radius 2 is 1.95 bits per heavy atom. The number of tetrazole rings is 1. The summed E-state index contributed by atoms with van der Waals surface area (Å²) in [6.45, 7) is 1.38. The smallest absolute Gasteiger partial charge is 0.327 e. The summed E-state index contributed by atoms with van der Waals surface area (Å²) in [6, 6.07) is 8.49. The zero-order valence-electron chi connectivity index (χ0n) is 20.5. The first-order valence-electron chi connectivity index (χ1n) is 11.5. The molecule has 0 unspecified atom stereocenters. The molecule has 12 nitrogen and oxygen atoms in total. The van der Waals surface area contributed by atoms with Crippen LogP contribution in [0.25, 0.3) is 11.4 Å². The van der Waals surface area contributed by atoms with Gasteiger partial charge in [0.2, 0.25) is 23.0 Å². The number of aliphatic carboxylic acids is 1. The van der Waals surface area contributed by atoms with E-state index in [0.29, 0.717) is 23.4 Å². The highest BCUT2D eigenvalue weighted by Crippen LogP contribution is 2.53. The number of hydrogen-bond acceptors (Lipinski definition) is 10. The number of nitrogens with zero attached hydrogens (tertiary/aromatic N) is 4. The maximum atomic E-state index is 13.6. The zero-order valence-corrected chi connectivity index (χ0v) is 21.3. The van der Waals surface area contributed by atoms with Crippen LogP contribution >= 0.6 is 11.6 Å². The number of nitrogens with one attached hydrogen (secondary N) is 1. The molecule has 196 valence electrons. The van der Waals surface area contributed by atoms with Gasteiger partial charge in [-0.3, -0.25) is 14.4 Å². The fraction of sp³-hybridized carbons (Fsp3) is 0.280. The minimum Gasteiger partial charge on any atom is -0.496 e. The third-order valence-corrected chi connectivity index (χ3v) is 6.85. The number of hydrogen-bond donors (Lipinski definition) is 2. The number of carboxylic acid groups (broad SMARTS) is 1. The van der Waals surface area contributed by atoms with Crippen LogP contribution in [0.5, 0.6) is 17.2 Å². The molecule has 0 saturated carbocycles. The first-order chi connectivity index (χ1) is 18.2. The van der Waals surface area contributed by atoms with Gasteiger partial charge in [-0.25, -0.2) is 0 Å². The Labute approximate surface area is 221 Å². The van der Waals surface area contributed by atoms with Crippen LogP contribution in [0.2, 0.25) is 5.02 Å². The van der Waals surface area contributed by atoms with E-state index in [1.165, 1.54) is 26.4 Å². The third kappa shape index (κ3) is 4.02. The monoisotopic (exact) mass is 539 g/mol. The molecular weight excluding hydrogens is 518 g/mol. The predicted octanol–water partition coefficient (Wildman–Crippen LogP) is 3.01. The number of carbonyl (C=O) groups is 3. The second kappa shape index (κ2) is 9.45. The molecule has 3 aromatic rings. The number of allylic oxidation sites excluding steroid dienone is 1. The van der Waals surface area contributed by atoms with Gasteiger partial charge >= 0.3 is 5.97 Å². The maximum Gasteiger partial charge on any atom is 0.327 e. The van der Waals surface area contributed by atoms with Crippen molar-refractivity contribution in [3.05, 3.63) is 52.7 Å². The van der Waals surface area contributed by atoms with Gasteiger partial charge in [0.05, 0.1) is 14.2 Å². The average molecular weight is 540 g/mol. The number of benzene rings is 2. The molecule has 38 heavy (non-hydrogen) atoms. The number of ketones is 2. The summed E-state index contributed by atoms with van der Waals surface area (Å²) in [5, 5.41) is 23.8. The van der Waals surface area contributed by atoms with Gasteiger partial charge in [-0.15, -0.1) is 10.2 Å². The Balaban J connectivity index is 1.37. The van der Waals surface area contributed by atoms with Crippen LogP contribution in [0.4, 0.5) is 5.69 Å². The van der Waals surface area contributed by atoms with Crippen LogP contribution in [0.1, 0.15) is 23.7 Å². The highest BCUT2D eigenvalue weighted by Gasteiger charge is 2.60. The molecule has 2 aliphatic rings. The van der Waals surface area contributed by atoms with Gasteiger partial charge in [0, 0.05) is 35.0 Å². The first kappa shape index (κ1) is 25.2. The quantitative estimate of drug-likeness (QED) is 0.425. The topological polar surface area (TPSA) is 155 Å². The number of aromatic nitrogens is 4. The molecule has 1 aliphatic carbocycles. The molecule has 1 aromatic heterocycles. The third-order valence-electron chi connectivity index (χ3n) is 6.49. The second-order valence-electron chi connectivity index (χ2n) is 8.84. The SMILES string of the molecule is COc1cc(OC)c2c(c1Cl)O[C@@]1(C(=O)C=C(Nc3ccc(-c4nnn(CC(=O)O)n4)cc3)C[C@H]1C)C2=O. The molecule has 2 atom stereocenters. The fourth-order valence-corrected chi connectivity index (χ4v) is 4.92. The Morgan fingerprint density at radius 3 is 2.58 bits per heavy atom. The minimum atomic E-state index is -1.76. The van der Waals surface area contributed by atoms with Crippen molar-refractivity contribution in [2.45, 2.75) is 25.5 Å². The number of methoxy groups -OCH3 is 2. The summed E-state index contributed by atoms with van der Waals surface area (Å²) in [4.78, 5) is 38.8. The summed E-state index contributed by atoms with van der Waals surface area (Å²) in [5.41, 5.74) is 0.290. The van der Waals surface area contributed by atoms with E-state index in [4.69, 9.17) is 30.9 Å². The molecule has 5 rings (SSSR count). The lowest BCUT2D eigenvalue weighted by molar-refractivity contribution is -0.138. The predicted molar refractivity (Wildman–Crippen MR) is 134 cm³/mol. The molecule has 2 N–H and O–H groups in total. The van der Waals surface area contributed by atoms with E-state index in [-0.39, 0.29) is 33.7 Å². The van der Waals surface area contributed by atoms with Gasteiger partial charge in [-0.05, 0) is 35.9 Å². The average Bonchev–Trinajstić information content (AvgIpc) is 3.47. The van der Waals surface area contributed by atoms with Crippen molar-refractivity contribution in [1.82, 2.24) is 20.2 Å². The van der Waals surface area contributed by atoms with Crippen LogP contribution in [0, 0.1) is 5.92 Å². The summed E-state index contributed by atoms with van der Waals surface area (Å²) >= 11 is 6.43. The van der Waals surface area contributed by atoms with Crippen LogP contribution < -0.4 is 19.5 Å². The van der Waals surface area contributed by atoms with E-state index < -0.39 is 35.6 Å². The maximum absolute atomic E-state index is 13.6. The van der Waals surface area contributed by atoms with Gasteiger partial charge in [-0.1, -0.05) is 18.5 Å². The van der Waals surface area contributed by atoms with Crippen molar-refractivity contribution in [3.63, 3.8) is 0 Å². The Kier molecular flexibility index (Phi) is 6.27. The zero-order chi connectivity index (χ0) is 27.2. The molecule has 0 bridgehead atoms. The van der Waals surface area contributed by atoms with Gasteiger partial charge < -0.3 is 24.6 Å². The molecule has 1 spiro atoms. The largest absolute Gasteiger partial charge is 0.496 e. The molecule has 1 aliphatic heterocycles. The summed E-state index contributed by atoms with van der Waals surface area (Å²) < 4.78 is 16.7. The first-order valence-corrected chi connectivity index (χ1v) is 11.9. The Bertz CT molecular complexity index is 1500. The van der Waals surface area contributed by atoms with Crippen molar-refractivity contribution >= 4 is 34.8 Å². The van der Waals surface area contributed by atoms with Crippen molar-refractivity contribution in [1.29, 1.82) is 0 Å². The number of halogens is 1. The van der Waals surface area contributed by atoms with Crippen molar-refractivity contribution in [2.75, 3.05) is 19.5 Å². The fourth-order valence-electron chi connectivity index (χ4n) is 4.65. The number of rotatable bonds is 7. The standard InChI is InChI=1S/C25H22ClN5O7/c1-12-8-15(27-14-6-4-13(5-7-14)24-28-30-31(29-24)11-19(33)34)9-18(32)25(12)23(35)20-16(36-2)10-17(37-3)21(26)22(20)38-25/h4-7,9-10,12,27H,8,11H2,1-3H3,(H,33,34)/t12-,25+/m1/s1. The van der Waals surface area contributed by atoms with Crippen LogP contribution in [0.3, 0.4) is 0 Å². The summed E-state index contributed by atoms with van der Waals surface area (Å²) in [6.07, 6.45) is 1.71. The molecular formula is C25H22ClN5O7. The van der Waals surface area contributed by atoms with Gasteiger partial charge in [0.1, 0.15) is 22.1 Å². The molecule has 0 radical (unpaired) electrons. The Hall–Kier alpha value is -4.45. The van der Waals surface area contributed by atoms with Crippen molar-refractivity contribution in [2.24, 2.45) is 5.92 Å². The van der Waals surface area contributed by atoms with E-state index in [0.717, 1.165) is 4.80 Å². The lowest BCUT2D eigenvalue weighted by atomic mass is 9.74. The van der Waals surface area contributed by atoms with Crippen molar-refractivity contribution < 1.29 is 33.7 Å². The normalized spacial score (nSPS) is 20.1. The van der Waals surface area contributed by atoms with Crippen LogP contribution in [-0.2, 0) is 16.1 Å². The molecule has 2 heterocycles. The van der Waals surface area contributed by atoms with E-state index >= 15 is 0 Å². The molecule has 0 amide bonds. The van der Waals surface area contributed by atoms with E-state index in [1.807, 2.05) is 0 Å². The molecule has 0 saturated heterocycles.